The van der Waals surface area contributed by atoms with Crippen molar-refractivity contribution < 1.29 is 4.74 Å². The number of aromatic nitrogens is 2. The molecule has 0 amide bonds. The summed E-state index contributed by atoms with van der Waals surface area (Å²) in [4.78, 5) is 8.02. The highest BCUT2D eigenvalue weighted by atomic mass is 16.5. The zero-order valence-corrected chi connectivity index (χ0v) is 8.36. The minimum Gasteiger partial charge on any atom is -0.473 e. The Kier molecular flexibility index (Phi) is 4.47. The van der Waals surface area contributed by atoms with Gasteiger partial charge in [-0.05, 0) is 6.42 Å². The lowest BCUT2D eigenvalue weighted by molar-refractivity contribution is 0.348. The fraction of sp³-hybridized carbons (Fsp3) is 0.400. The van der Waals surface area contributed by atoms with Gasteiger partial charge in [0, 0.05) is 12.6 Å². The first-order chi connectivity index (χ1) is 6.86. The lowest BCUT2D eigenvalue weighted by Gasteiger charge is -2.05. The van der Waals surface area contributed by atoms with Crippen LogP contribution in [0.3, 0.4) is 0 Å². The first kappa shape index (κ1) is 10.5. The first-order valence-corrected chi connectivity index (χ1v) is 4.66. The SMILES string of the molecule is C=CCOc1cc(NCCC)ncn1. The summed E-state index contributed by atoms with van der Waals surface area (Å²) in [7, 11) is 0. The van der Waals surface area contributed by atoms with Gasteiger partial charge in [0.1, 0.15) is 18.8 Å². The topological polar surface area (TPSA) is 47.0 Å². The van der Waals surface area contributed by atoms with Gasteiger partial charge in [0.05, 0.1) is 0 Å². The average molecular weight is 193 g/mol. The molecule has 0 aliphatic heterocycles. The summed E-state index contributed by atoms with van der Waals surface area (Å²) in [6.07, 6.45) is 4.23. The van der Waals surface area contributed by atoms with E-state index >= 15 is 0 Å². The summed E-state index contributed by atoms with van der Waals surface area (Å²) in [6, 6.07) is 1.78. The Morgan fingerprint density at radius 2 is 2.43 bits per heavy atom. The van der Waals surface area contributed by atoms with Gasteiger partial charge in [0.2, 0.25) is 5.88 Å². The highest BCUT2D eigenvalue weighted by Gasteiger charge is 1.97. The van der Waals surface area contributed by atoms with Crippen LogP contribution >= 0.6 is 0 Å². The minimum atomic E-state index is 0.463. The molecule has 0 fully saturated rings. The van der Waals surface area contributed by atoms with E-state index < -0.39 is 0 Å². The fourth-order valence-corrected chi connectivity index (χ4v) is 0.912. The molecular formula is C10H15N3O. The van der Waals surface area contributed by atoms with Crippen molar-refractivity contribution in [3.63, 3.8) is 0 Å². The zero-order valence-electron chi connectivity index (χ0n) is 8.36. The van der Waals surface area contributed by atoms with Crippen molar-refractivity contribution in [3.8, 4) is 5.88 Å². The Morgan fingerprint density at radius 1 is 1.57 bits per heavy atom. The summed E-state index contributed by atoms with van der Waals surface area (Å²) < 4.78 is 5.27. The third-order valence-electron chi connectivity index (χ3n) is 1.55. The van der Waals surface area contributed by atoms with E-state index in [-0.39, 0.29) is 0 Å². The fourth-order valence-electron chi connectivity index (χ4n) is 0.912. The molecule has 4 heteroatoms. The molecule has 0 bridgehead atoms. The van der Waals surface area contributed by atoms with Gasteiger partial charge in [-0.15, -0.1) is 0 Å². The molecule has 1 rings (SSSR count). The van der Waals surface area contributed by atoms with Crippen LogP contribution in [-0.2, 0) is 0 Å². The third-order valence-corrected chi connectivity index (χ3v) is 1.55. The summed E-state index contributed by atoms with van der Waals surface area (Å²) >= 11 is 0. The molecule has 0 saturated heterocycles. The van der Waals surface area contributed by atoms with E-state index in [1.807, 2.05) is 0 Å². The van der Waals surface area contributed by atoms with Crippen molar-refractivity contribution in [1.82, 2.24) is 9.97 Å². The van der Waals surface area contributed by atoms with Crippen molar-refractivity contribution in [2.75, 3.05) is 18.5 Å². The highest BCUT2D eigenvalue weighted by molar-refractivity contribution is 5.36. The van der Waals surface area contributed by atoms with Gasteiger partial charge in [-0.1, -0.05) is 19.6 Å². The molecular weight excluding hydrogens is 178 g/mol. The van der Waals surface area contributed by atoms with Crippen LogP contribution in [0.25, 0.3) is 0 Å². The van der Waals surface area contributed by atoms with Gasteiger partial charge >= 0.3 is 0 Å². The van der Waals surface area contributed by atoms with Gasteiger partial charge in [0.25, 0.3) is 0 Å². The normalized spacial score (nSPS) is 9.50. The molecule has 0 aromatic carbocycles. The molecule has 1 N–H and O–H groups in total. The molecule has 1 aromatic rings. The van der Waals surface area contributed by atoms with Gasteiger partial charge in [-0.25, -0.2) is 9.97 Å². The maximum Gasteiger partial charge on any atom is 0.218 e. The van der Waals surface area contributed by atoms with Gasteiger partial charge in [-0.2, -0.15) is 0 Å². The number of nitrogens with zero attached hydrogens (tertiary/aromatic N) is 2. The molecule has 0 aliphatic rings. The Bertz CT molecular complexity index is 288. The van der Waals surface area contributed by atoms with Crippen LogP contribution in [-0.4, -0.2) is 23.1 Å². The van der Waals surface area contributed by atoms with Crippen LogP contribution in [0.15, 0.2) is 25.0 Å². The standard InChI is InChI=1S/C10H15N3O/c1-3-5-11-9-7-10(13-8-12-9)14-6-4-2/h4,7-8H,2-3,5-6H2,1H3,(H,11,12,13). The Labute approximate surface area is 84.0 Å². The second kappa shape index (κ2) is 5.96. The van der Waals surface area contributed by atoms with E-state index in [1.54, 1.807) is 12.1 Å². The minimum absolute atomic E-state index is 0.463. The van der Waals surface area contributed by atoms with Crippen LogP contribution < -0.4 is 10.1 Å². The van der Waals surface area contributed by atoms with Crippen LogP contribution in [0.1, 0.15) is 13.3 Å². The highest BCUT2D eigenvalue weighted by Crippen LogP contribution is 2.10. The Balaban J connectivity index is 2.54. The zero-order chi connectivity index (χ0) is 10.2. The molecule has 0 spiro atoms. The lowest BCUT2D eigenvalue weighted by Crippen LogP contribution is -2.03. The molecule has 0 saturated carbocycles. The van der Waals surface area contributed by atoms with Crippen LogP contribution in [0.5, 0.6) is 5.88 Å². The second-order valence-corrected chi connectivity index (χ2v) is 2.77. The van der Waals surface area contributed by atoms with Crippen molar-refractivity contribution in [2.45, 2.75) is 13.3 Å². The number of nitrogens with one attached hydrogen (secondary N) is 1. The van der Waals surface area contributed by atoms with Crippen LogP contribution in [0.2, 0.25) is 0 Å². The predicted molar refractivity (Wildman–Crippen MR) is 56.5 cm³/mol. The molecule has 0 aliphatic carbocycles. The second-order valence-electron chi connectivity index (χ2n) is 2.77. The number of hydrogen-bond donors (Lipinski definition) is 1. The number of ether oxygens (including phenoxy) is 1. The van der Waals surface area contributed by atoms with E-state index in [1.165, 1.54) is 6.33 Å². The molecule has 0 unspecified atom stereocenters. The summed E-state index contributed by atoms with van der Waals surface area (Å²) in [5.41, 5.74) is 0. The van der Waals surface area contributed by atoms with Crippen molar-refractivity contribution in [2.24, 2.45) is 0 Å². The molecule has 0 atom stereocenters. The van der Waals surface area contributed by atoms with E-state index in [0.29, 0.717) is 12.5 Å². The molecule has 1 aromatic heterocycles. The average Bonchev–Trinajstić information content (AvgIpc) is 2.24. The van der Waals surface area contributed by atoms with Crippen LogP contribution in [0.4, 0.5) is 5.82 Å². The lowest BCUT2D eigenvalue weighted by atomic mass is 10.4. The van der Waals surface area contributed by atoms with E-state index in [4.69, 9.17) is 4.74 Å². The summed E-state index contributed by atoms with van der Waals surface area (Å²) in [5, 5.41) is 3.15. The van der Waals surface area contributed by atoms with E-state index in [0.717, 1.165) is 18.8 Å². The molecule has 76 valence electrons. The predicted octanol–water partition coefficient (Wildman–Crippen LogP) is 1.86. The van der Waals surface area contributed by atoms with E-state index in [9.17, 15) is 0 Å². The molecule has 0 radical (unpaired) electrons. The Morgan fingerprint density at radius 3 is 3.14 bits per heavy atom. The Hall–Kier alpha value is -1.58. The number of rotatable bonds is 6. The van der Waals surface area contributed by atoms with Crippen LogP contribution in [0, 0.1) is 0 Å². The maximum atomic E-state index is 5.27. The van der Waals surface area contributed by atoms with Crippen molar-refractivity contribution in [3.05, 3.63) is 25.0 Å². The monoisotopic (exact) mass is 193 g/mol. The van der Waals surface area contributed by atoms with Gasteiger partial charge < -0.3 is 10.1 Å². The molecule has 14 heavy (non-hydrogen) atoms. The summed E-state index contributed by atoms with van der Waals surface area (Å²) in [6.45, 7) is 7.03. The quantitative estimate of drug-likeness (QED) is 0.700. The number of hydrogen-bond acceptors (Lipinski definition) is 4. The van der Waals surface area contributed by atoms with Crippen molar-refractivity contribution in [1.29, 1.82) is 0 Å². The largest absolute Gasteiger partial charge is 0.473 e. The van der Waals surface area contributed by atoms with E-state index in [2.05, 4.69) is 28.8 Å². The molecule has 4 nitrogen and oxygen atoms in total. The van der Waals surface area contributed by atoms with Crippen molar-refractivity contribution >= 4 is 5.82 Å². The van der Waals surface area contributed by atoms with Gasteiger partial charge in [0.15, 0.2) is 0 Å². The molecule has 1 heterocycles. The van der Waals surface area contributed by atoms with Gasteiger partial charge in [-0.3, -0.25) is 0 Å². The smallest absolute Gasteiger partial charge is 0.218 e. The third kappa shape index (κ3) is 3.43. The number of anilines is 1. The summed E-state index contributed by atoms with van der Waals surface area (Å²) in [5.74, 6) is 1.36. The maximum absolute atomic E-state index is 5.27. The first-order valence-electron chi connectivity index (χ1n) is 4.66.